The smallest absolute Gasteiger partial charge is 0.326 e. The first-order chi connectivity index (χ1) is 8.93. The Hall–Kier alpha value is -1.82. The van der Waals surface area contributed by atoms with Crippen LogP contribution in [0.4, 0.5) is 14.9 Å². The van der Waals surface area contributed by atoms with Crippen molar-refractivity contribution in [3.63, 3.8) is 0 Å². The van der Waals surface area contributed by atoms with Gasteiger partial charge in [-0.2, -0.15) is 0 Å². The highest BCUT2D eigenvalue weighted by Crippen LogP contribution is 2.18. The van der Waals surface area contributed by atoms with Crippen LogP contribution in [0.3, 0.4) is 0 Å². The first-order valence-corrected chi connectivity index (χ1v) is 6.07. The number of rotatable bonds is 5. The van der Waals surface area contributed by atoms with Crippen molar-refractivity contribution in [2.24, 2.45) is 0 Å². The van der Waals surface area contributed by atoms with Gasteiger partial charge in [0.15, 0.2) is 0 Å². The van der Waals surface area contributed by atoms with Gasteiger partial charge in [0.1, 0.15) is 11.9 Å². The van der Waals surface area contributed by atoms with Crippen LogP contribution in [-0.4, -0.2) is 23.1 Å². The molecular formula is C12H14ClFN2O3. The summed E-state index contributed by atoms with van der Waals surface area (Å²) in [6.07, 6.45) is 0.901. The third-order valence-corrected chi connectivity index (χ3v) is 2.60. The van der Waals surface area contributed by atoms with E-state index < -0.39 is 23.9 Å². The summed E-state index contributed by atoms with van der Waals surface area (Å²) < 4.78 is 13.4. The third kappa shape index (κ3) is 4.75. The maximum Gasteiger partial charge on any atom is 0.326 e. The van der Waals surface area contributed by atoms with Crippen LogP contribution in [0.15, 0.2) is 18.2 Å². The van der Waals surface area contributed by atoms with E-state index in [1.165, 1.54) is 12.1 Å². The van der Waals surface area contributed by atoms with Gasteiger partial charge in [-0.3, -0.25) is 0 Å². The first kappa shape index (κ1) is 15.2. The van der Waals surface area contributed by atoms with Crippen LogP contribution in [0, 0.1) is 5.82 Å². The number of hydrogen-bond acceptors (Lipinski definition) is 2. The fraction of sp³-hybridized carbons (Fsp3) is 0.333. The Morgan fingerprint density at radius 2 is 2.16 bits per heavy atom. The van der Waals surface area contributed by atoms with Crippen molar-refractivity contribution >= 4 is 29.3 Å². The second-order valence-electron chi connectivity index (χ2n) is 3.90. The van der Waals surface area contributed by atoms with Crippen molar-refractivity contribution in [2.45, 2.75) is 25.8 Å². The van der Waals surface area contributed by atoms with E-state index in [1.54, 1.807) is 6.92 Å². The zero-order valence-electron chi connectivity index (χ0n) is 10.2. The lowest BCUT2D eigenvalue weighted by Gasteiger charge is -2.14. The topological polar surface area (TPSA) is 78.4 Å². The minimum absolute atomic E-state index is 0.0671. The molecule has 0 radical (unpaired) electrons. The highest BCUT2D eigenvalue weighted by atomic mass is 35.5. The molecule has 0 aliphatic rings. The Balaban J connectivity index is 2.66. The van der Waals surface area contributed by atoms with E-state index in [2.05, 4.69) is 10.6 Å². The van der Waals surface area contributed by atoms with Gasteiger partial charge in [0.2, 0.25) is 0 Å². The van der Waals surface area contributed by atoms with Gasteiger partial charge in [-0.1, -0.05) is 24.9 Å². The second-order valence-corrected chi connectivity index (χ2v) is 4.34. The number of carbonyl (C=O) groups excluding carboxylic acids is 1. The zero-order valence-corrected chi connectivity index (χ0v) is 11.0. The Morgan fingerprint density at radius 3 is 2.68 bits per heavy atom. The molecule has 5 nitrogen and oxygen atoms in total. The fourth-order valence-electron chi connectivity index (χ4n) is 1.45. The van der Waals surface area contributed by atoms with Crippen molar-refractivity contribution in [3.05, 3.63) is 29.0 Å². The van der Waals surface area contributed by atoms with Crippen LogP contribution >= 0.6 is 11.6 Å². The molecule has 1 atom stereocenters. The van der Waals surface area contributed by atoms with Gasteiger partial charge in [0, 0.05) is 5.02 Å². The summed E-state index contributed by atoms with van der Waals surface area (Å²) in [5.41, 5.74) is -0.0671. The molecule has 0 aromatic heterocycles. The van der Waals surface area contributed by atoms with Crippen molar-refractivity contribution in [1.82, 2.24) is 5.32 Å². The lowest BCUT2D eigenvalue weighted by Crippen LogP contribution is -2.43. The van der Waals surface area contributed by atoms with Crippen LogP contribution in [0.2, 0.25) is 5.02 Å². The number of benzene rings is 1. The number of amides is 2. The summed E-state index contributed by atoms with van der Waals surface area (Å²) in [5.74, 6) is -1.82. The second kappa shape index (κ2) is 6.94. The molecule has 7 heteroatoms. The molecule has 104 valence electrons. The molecule has 0 unspecified atom stereocenters. The molecule has 0 aliphatic carbocycles. The Bertz CT molecular complexity index is 482. The van der Waals surface area contributed by atoms with E-state index in [0.717, 1.165) is 6.07 Å². The average Bonchev–Trinajstić information content (AvgIpc) is 2.32. The van der Waals surface area contributed by atoms with E-state index in [1.807, 2.05) is 0 Å². The number of anilines is 1. The number of carboxylic acids is 1. The molecule has 0 fully saturated rings. The molecule has 0 saturated carbocycles. The summed E-state index contributed by atoms with van der Waals surface area (Å²) in [7, 11) is 0. The van der Waals surface area contributed by atoms with E-state index in [-0.39, 0.29) is 10.7 Å². The lowest BCUT2D eigenvalue weighted by molar-refractivity contribution is -0.139. The zero-order chi connectivity index (χ0) is 14.4. The largest absolute Gasteiger partial charge is 0.480 e. The quantitative estimate of drug-likeness (QED) is 0.779. The first-order valence-electron chi connectivity index (χ1n) is 5.69. The SMILES string of the molecule is CCC[C@H](NC(=O)Nc1ccc(Cl)cc1F)C(=O)O. The van der Waals surface area contributed by atoms with Crippen molar-refractivity contribution < 1.29 is 19.1 Å². The molecule has 1 rings (SSSR count). The monoisotopic (exact) mass is 288 g/mol. The van der Waals surface area contributed by atoms with Crippen LogP contribution in [0.5, 0.6) is 0 Å². The van der Waals surface area contributed by atoms with Crippen LogP contribution in [0.25, 0.3) is 0 Å². The molecule has 2 amide bonds. The number of hydrogen-bond donors (Lipinski definition) is 3. The number of halogens is 2. The summed E-state index contributed by atoms with van der Waals surface area (Å²) in [6.45, 7) is 1.80. The van der Waals surface area contributed by atoms with Gasteiger partial charge in [-0.05, 0) is 24.6 Å². The van der Waals surface area contributed by atoms with Gasteiger partial charge in [-0.25, -0.2) is 14.0 Å². The van der Waals surface area contributed by atoms with E-state index >= 15 is 0 Å². The summed E-state index contributed by atoms with van der Waals surface area (Å²) in [5, 5.41) is 13.6. The number of carbonyl (C=O) groups is 2. The molecule has 19 heavy (non-hydrogen) atoms. The van der Waals surface area contributed by atoms with Crippen LogP contribution in [-0.2, 0) is 4.79 Å². The average molecular weight is 289 g/mol. The molecular weight excluding hydrogens is 275 g/mol. The van der Waals surface area contributed by atoms with Gasteiger partial charge in [0.25, 0.3) is 0 Å². The van der Waals surface area contributed by atoms with Crippen LogP contribution in [0.1, 0.15) is 19.8 Å². The summed E-state index contributed by atoms with van der Waals surface area (Å²) >= 11 is 5.57. The third-order valence-electron chi connectivity index (χ3n) is 2.36. The predicted molar refractivity (Wildman–Crippen MR) is 69.9 cm³/mol. The van der Waals surface area contributed by atoms with E-state index in [0.29, 0.717) is 12.8 Å². The number of aliphatic carboxylic acids is 1. The number of carboxylic acid groups (broad SMARTS) is 1. The summed E-state index contributed by atoms with van der Waals surface area (Å²) in [4.78, 5) is 22.4. The molecule has 1 aromatic rings. The fourth-order valence-corrected chi connectivity index (χ4v) is 1.61. The van der Waals surface area contributed by atoms with E-state index in [9.17, 15) is 14.0 Å². The minimum Gasteiger partial charge on any atom is -0.480 e. The standard InChI is InChI=1S/C12H14ClFN2O3/c1-2-3-10(11(17)18)16-12(19)15-9-5-4-7(13)6-8(9)14/h4-6,10H,2-3H2,1H3,(H,17,18)(H2,15,16,19)/t10-/m0/s1. The lowest BCUT2D eigenvalue weighted by atomic mass is 10.2. The Labute approximate surface area is 114 Å². The highest BCUT2D eigenvalue weighted by molar-refractivity contribution is 6.30. The maximum atomic E-state index is 13.4. The van der Waals surface area contributed by atoms with Gasteiger partial charge >= 0.3 is 12.0 Å². The van der Waals surface area contributed by atoms with Crippen LogP contribution < -0.4 is 10.6 Å². The van der Waals surface area contributed by atoms with E-state index in [4.69, 9.17) is 16.7 Å². The maximum absolute atomic E-state index is 13.4. The minimum atomic E-state index is -1.13. The Morgan fingerprint density at radius 1 is 1.47 bits per heavy atom. The molecule has 1 aromatic carbocycles. The van der Waals surface area contributed by atoms with Crippen molar-refractivity contribution in [2.75, 3.05) is 5.32 Å². The molecule has 0 spiro atoms. The Kier molecular flexibility index (Phi) is 5.57. The van der Waals surface area contributed by atoms with Crippen molar-refractivity contribution in [1.29, 1.82) is 0 Å². The normalized spacial score (nSPS) is 11.7. The molecule has 0 bridgehead atoms. The van der Waals surface area contributed by atoms with Gasteiger partial charge in [0.05, 0.1) is 5.69 Å². The molecule has 0 aliphatic heterocycles. The number of nitrogens with one attached hydrogen (secondary N) is 2. The van der Waals surface area contributed by atoms with Crippen molar-refractivity contribution in [3.8, 4) is 0 Å². The molecule has 3 N–H and O–H groups in total. The molecule has 0 heterocycles. The predicted octanol–water partition coefficient (Wildman–Crippen LogP) is 2.85. The highest BCUT2D eigenvalue weighted by Gasteiger charge is 2.19. The van der Waals surface area contributed by atoms with Gasteiger partial charge < -0.3 is 15.7 Å². The molecule has 0 saturated heterocycles. The summed E-state index contributed by atoms with van der Waals surface area (Å²) in [6, 6.07) is 1.99. The van der Waals surface area contributed by atoms with Gasteiger partial charge in [-0.15, -0.1) is 0 Å². The number of urea groups is 1.